The predicted octanol–water partition coefficient (Wildman–Crippen LogP) is 6.00. The normalized spacial score (nSPS) is 10.7. The SMILES string of the molecule is O=C(Nc1cc(F)cc(F)c1)c1ccc(C(=O)Nc2nnc(-c3cc(Cl)cc(Cl)c3O)s2)cc1. The van der Waals surface area contributed by atoms with E-state index in [0.29, 0.717) is 11.1 Å². The number of phenols is 1. The molecule has 34 heavy (non-hydrogen) atoms. The van der Waals surface area contributed by atoms with Crippen molar-refractivity contribution in [2.45, 2.75) is 0 Å². The Morgan fingerprint density at radius 1 is 0.853 bits per heavy atom. The van der Waals surface area contributed by atoms with Gasteiger partial charge in [-0.15, -0.1) is 10.2 Å². The Labute approximate surface area is 205 Å². The number of hydrogen-bond donors (Lipinski definition) is 3. The van der Waals surface area contributed by atoms with Gasteiger partial charge in [-0.2, -0.15) is 0 Å². The smallest absolute Gasteiger partial charge is 0.257 e. The van der Waals surface area contributed by atoms with Gasteiger partial charge in [-0.3, -0.25) is 14.9 Å². The van der Waals surface area contributed by atoms with Crippen LogP contribution in [0.3, 0.4) is 0 Å². The van der Waals surface area contributed by atoms with Crippen LogP contribution in [-0.2, 0) is 0 Å². The second kappa shape index (κ2) is 9.72. The van der Waals surface area contributed by atoms with Crippen molar-refractivity contribution in [2.75, 3.05) is 10.6 Å². The highest BCUT2D eigenvalue weighted by Crippen LogP contribution is 2.39. The molecule has 4 rings (SSSR count). The maximum absolute atomic E-state index is 13.3. The van der Waals surface area contributed by atoms with Crippen LogP contribution in [0.1, 0.15) is 20.7 Å². The van der Waals surface area contributed by atoms with Crippen molar-refractivity contribution in [1.82, 2.24) is 10.2 Å². The third-order valence-corrected chi connectivity index (χ3v) is 5.81. The number of rotatable bonds is 5. The molecule has 0 saturated heterocycles. The van der Waals surface area contributed by atoms with Gasteiger partial charge in [0.2, 0.25) is 5.13 Å². The Balaban J connectivity index is 1.44. The molecule has 3 aromatic carbocycles. The van der Waals surface area contributed by atoms with Crippen molar-refractivity contribution in [3.63, 3.8) is 0 Å². The molecule has 3 N–H and O–H groups in total. The number of benzene rings is 3. The van der Waals surface area contributed by atoms with Gasteiger partial charge in [0.15, 0.2) is 5.01 Å². The molecule has 0 saturated carbocycles. The molecule has 0 atom stereocenters. The van der Waals surface area contributed by atoms with E-state index in [2.05, 4.69) is 20.8 Å². The molecular weight excluding hydrogens is 509 g/mol. The first-order valence-electron chi connectivity index (χ1n) is 9.40. The number of halogens is 4. The second-order valence-electron chi connectivity index (χ2n) is 6.84. The third-order valence-electron chi connectivity index (χ3n) is 4.43. The van der Waals surface area contributed by atoms with Gasteiger partial charge in [-0.25, -0.2) is 8.78 Å². The molecule has 0 aliphatic carbocycles. The highest BCUT2D eigenvalue weighted by Gasteiger charge is 2.17. The minimum absolute atomic E-state index is 0.0385. The summed E-state index contributed by atoms with van der Waals surface area (Å²) in [5.41, 5.74) is 0.624. The van der Waals surface area contributed by atoms with E-state index in [0.717, 1.165) is 23.5 Å². The van der Waals surface area contributed by atoms with Crippen LogP contribution in [0.2, 0.25) is 10.0 Å². The number of nitrogens with one attached hydrogen (secondary N) is 2. The first-order valence-corrected chi connectivity index (χ1v) is 11.0. The van der Waals surface area contributed by atoms with Gasteiger partial charge >= 0.3 is 0 Å². The zero-order valence-electron chi connectivity index (χ0n) is 16.8. The van der Waals surface area contributed by atoms with Crippen LogP contribution in [0.25, 0.3) is 10.6 Å². The van der Waals surface area contributed by atoms with E-state index < -0.39 is 23.4 Å². The van der Waals surface area contributed by atoms with Crippen molar-refractivity contribution < 1.29 is 23.5 Å². The number of anilines is 2. The van der Waals surface area contributed by atoms with Crippen molar-refractivity contribution in [3.8, 4) is 16.3 Å². The largest absolute Gasteiger partial charge is 0.506 e. The fourth-order valence-electron chi connectivity index (χ4n) is 2.88. The first kappa shape index (κ1) is 23.6. The second-order valence-corrected chi connectivity index (χ2v) is 8.66. The summed E-state index contributed by atoms with van der Waals surface area (Å²) in [6, 6.07) is 11.1. The van der Waals surface area contributed by atoms with Crippen LogP contribution in [0.15, 0.2) is 54.6 Å². The molecule has 12 heteroatoms. The molecule has 0 radical (unpaired) electrons. The molecule has 1 aromatic heterocycles. The van der Waals surface area contributed by atoms with Gasteiger partial charge in [-0.05, 0) is 48.5 Å². The zero-order chi connectivity index (χ0) is 24.4. The summed E-state index contributed by atoms with van der Waals surface area (Å²) in [6.45, 7) is 0. The lowest BCUT2D eigenvalue weighted by Gasteiger charge is -2.07. The zero-order valence-corrected chi connectivity index (χ0v) is 19.1. The molecule has 0 spiro atoms. The molecule has 0 unspecified atom stereocenters. The van der Waals surface area contributed by atoms with Crippen LogP contribution < -0.4 is 10.6 Å². The summed E-state index contributed by atoms with van der Waals surface area (Å²) in [4.78, 5) is 24.8. The molecule has 0 fully saturated rings. The average Bonchev–Trinajstić information content (AvgIpc) is 3.23. The molecular formula is C22H12Cl2F2N4O3S. The van der Waals surface area contributed by atoms with E-state index in [-0.39, 0.29) is 43.3 Å². The molecule has 7 nitrogen and oxygen atoms in total. The van der Waals surface area contributed by atoms with E-state index in [4.69, 9.17) is 23.2 Å². The molecule has 1 heterocycles. The summed E-state index contributed by atoms with van der Waals surface area (Å²) >= 11 is 12.9. The van der Waals surface area contributed by atoms with E-state index in [1.54, 1.807) is 0 Å². The Kier molecular flexibility index (Phi) is 6.73. The maximum atomic E-state index is 13.3. The van der Waals surface area contributed by atoms with Crippen molar-refractivity contribution in [1.29, 1.82) is 0 Å². The standard InChI is InChI=1S/C22H12Cl2F2N4O3S/c23-12-5-16(18(31)17(24)6-12)21-29-30-22(34-21)28-20(33)11-3-1-10(2-4-11)19(32)27-15-8-13(25)7-14(26)9-15/h1-9,31H,(H,27,32)(H,28,30,33). The van der Waals surface area contributed by atoms with Gasteiger partial charge in [0, 0.05) is 27.9 Å². The maximum Gasteiger partial charge on any atom is 0.257 e. The van der Waals surface area contributed by atoms with Crippen molar-refractivity contribution >= 4 is 57.2 Å². The summed E-state index contributed by atoms with van der Waals surface area (Å²) in [5, 5.41) is 23.7. The highest BCUT2D eigenvalue weighted by molar-refractivity contribution is 7.18. The van der Waals surface area contributed by atoms with Gasteiger partial charge in [0.05, 0.1) is 10.6 Å². The van der Waals surface area contributed by atoms with E-state index in [9.17, 15) is 23.5 Å². The number of nitrogens with zero attached hydrogens (tertiary/aromatic N) is 2. The topological polar surface area (TPSA) is 104 Å². The van der Waals surface area contributed by atoms with Crippen LogP contribution in [0, 0.1) is 11.6 Å². The minimum Gasteiger partial charge on any atom is -0.506 e. The Morgan fingerprint density at radius 3 is 2.06 bits per heavy atom. The fraction of sp³-hybridized carbons (Fsp3) is 0. The lowest BCUT2D eigenvalue weighted by Crippen LogP contribution is -2.14. The van der Waals surface area contributed by atoms with E-state index in [1.807, 2.05) is 0 Å². The van der Waals surface area contributed by atoms with Gasteiger partial charge < -0.3 is 10.4 Å². The van der Waals surface area contributed by atoms with E-state index in [1.165, 1.54) is 36.4 Å². The Morgan fingerprint density at radius 2 is 1.44 bits per heavy atom. The molecule has 0 bridgehead atoms. The number of amides is 2. The lowest BCUT2D eigenvalue weighted by molar-refractivity contribution is 0.101. The van der Waals surface area contributed by atoms with Crippen LogP contribution in [0.4, 0.5) is 19.6 Å². The number of carbonyl (C=O) groups excluding carboxylic acids is 2. The van der Waals surface area contributed by atoms with E-state index >= 15 is 0 Å². The predicted molar refractivity (Wildman–Crippen MR) is 126 cm³/mol. The fourth-order valence-corrected chi connectivity index (χ4v) is 4.13. The molecule has 4 aromatic rings. The minimum atomic E-state index is -0.823. The van der Waals surface area contributed by atoms with Gasteiger partial charge in [0.1, 0.15) is 17.4 Å². The number of carbonyl (C=O) groups is 2. The quantitative estimate of drug-likeness (QED) is 0.299. The van der Waals surface area contributed by atoms with Crippen molar-refractivity contribution in [3.05, 3.63) is 87.4 Å². The third kappa shape index (κ3) is 5.30. The lowest BCUT2D eigenvalue weighted by atomic mass is 10.1. The number of aromatic hydroxyl groups is 1. The molecule has 0 aliphatic heterocycles. The first-order chi connectivity index (χ1) is 16.2. The van der Waals surface area contributed by atoms with Gasteiger partial charge in [-0.1, -0.05) is 34.5 Å². The molecule has 0 aliphatic rings. The monoisotopic (exact) mass is 520 g/mol. The number of hydrogen-bond acceptors (Lipinski definition) is 6. The highest BCUT2D eigenvalue weighted by atomic mass is 35.5. The van der Waals surface area contributed by atoms with Gasteiger partial charge in [0.25, 0.3) is 11.8 Å². The summed E-state index contributed by atoms with van der Waals surface area (Å²) < 4.78 is 26.6. The average molecular weight is 521 g/mol. The Bertz CT molecular complexity index is 1390. The van der Waals surface area contributed by atoms with Crippen LogP contribution in [0.5, 0.6) is 5.75 Å². The van der Waals surface area contributed by atoms with Crippen LogP contribution >= 0.6 is 34.5 Å². The van der Waals surface area contributed by atoms with Crippen molar-refractivity contribution in [2.24, 2.45) is 0 Å². The summed E-state index contributed by atoms with van der Waals surface area (Å²) in [5.74, 6) is -2.98. The number of phenolic OH excluding ortho intramolecular Hbond substituents is 1. The molecule has 2 amide bonds. The summed E-state index contributed by atoms with van der Waals surface area (Å²) in [7, 11) is 0. The Hall–Kier alpha value is -3.60. The summed E-state index contributed by atoms with van der Waals surface area (Å²) in [6.07, 6.45) is 0. The molecule has 172 valence electrons. The number of aromatic nitrogens is 2. The van der Waals surface area contributed by atoms with Crippen LogP contribution in [-0.4, -0.2) is 27.1 Å².